The van der Waals surface area contributed by atoms with Crippen molar-refractivity contribution in [3.05, 3.63) is 52.5 Å². The zero-order valence-electron chi connectivity index (χ0n) is 11.7. The van der Waals surface area contributed by atoms with Crippen molar-refractivity contribution < 1.29 is 4.74 Å². The number of nitrogen functional groups attached to an aromatic ring is 1. The van der Waals surface area contributed by atoms with Gasteiger partial charge in [0.2, 0.25) is 0 Å². The highest BCUT2D eigenvalue weighted by Crippen LogP contribution is 2.26. The van der Waals surface area contributed by atoms with Crippen molar-refractivity contribution in [3.63, 3.8) is 0 Å². The molecule has 0 aliphatic rings. The molecule has 106 valence electrons. The first kappa shape index (κ1) is 15.1. The molecule has 2 aromatic carbocycles. The van der Waals surface area contributed by atoms with Crippen LogP contribution in [-0.4, -0.2) is 12.4 Å². The lowest BCUT2D eigenvalue weighted by Crippen LogP contribution is -2.00. The average molecular weight is 308 g/mol. The Morgan fingerprint density at radius 2 is 1.80 bits per heavy atom. The van der Waals surface area contributed by atoms with Gasteiger partial charge in [-0.05, 0) is 55.3 Å². The summed E-state index contributed by atoms with van der Waals surface area (Å²) in [4.78, 5) is 1.10. The molecule has 0 saturated carbocycles. The first-order valence-corrected chi connectivity index (χ1v) is 7.80. The van der Waals surface area contributed by atoms with Crippen LogP contribution in [0.1, 0.15) is 11.1 Å². The summed E-state index contributed by atoms with van der Waals surface area (Å²) in [6.45, 7) is 4.81. The van der Waals surface area contributed by atoms with E-state index in [1.807, 2.05) is 18.2 Å². The number of ether oxygens (including phenoxy) is 1. The van der Waals surface area contributed by atoms with Gasteiger partial charge in [-0.15, -0.1) is 11.8 Å². The summed E-state index contributed by atoms with van der Waals surface area (Å²) in [5, 5.41) is 0.602. The van der Waals surface area contributed by atoms with Crippen molar-refractivity contribution in [2.45, 2.75) is 18.7 Å². The number of anilines is 1. The van der Waals surface area contributed by atoms with E-state index in [-0.39, 0.29) is 0 Å². The van der Waals surface area contributed by atoms with Crippen molar-refractivity contribution in [1.82, 2.24) is 0 Å². The van der Waals surface area contributed by atoms with Crippen molar-refractivity contribution in [2.75, 3.05) is 18.1 Å². The topological polar surface area (TPSA) is 35.2 Å². The molecule has 0 saturated heterocycles. The third-order valence-corrected chi connectivity index (χ3v) is 4.07. The van der Waals surface area contributed by atoms with Crippen LogP contribution in [-0.2, 0) is 0 Å². The lowest BCUT2D eigenvalue weighted by Gasteiger charge is -2.08. The molecule has 0 amide bonds. The maximum Gasteiger partial charge on any atom is 0.119 e. The Balaban J connectivity index is 1.82. The van der Waals surface area contributed by atoms with Gasteiger partial charge in [0.15, 0.2) is 0 Å². The lowest BCUT2D eigenvalue weighted by molar-refractivity contribution is 0.343. The van der Waals surface area contributed by atoms with E-state index in [9.17, 15) is 0 Å². The largest absolute Gasteiger partial charge is 0.493 e. The number of aryl methyl sites for hydroxylation is 2. The van der Waals surface area contributed by atoms with E-state index in [0.717, 1.165) is 16.4 Å². The highest BCUT2D eigenvalue weighted by Gasteiger charge is 2.01. The van der Waals surface area contributed by atoms with Crippen LogP contribution in [0.3, 0.4) is 0 Å². The maximum atomic E-state index is 5.99. The Bertz CT molecular complexity index is 581. The van der Waals surface area contributed by atoms with Crippen molar-refractivity contribution in [1.29, 1.82) is 0 Å². The summed E-state index contributed by atoms with van der Waals surface area (Å²) in [6.07, 6.45) is 0. The Hall–Kier alpha value is -1.32. The Labute approximate surface area is 129 Å². The Morgan fingerprint density at radius 3 is 2.45 bits per heavy atom. The smallest absolute Gasteiger partial charge is 0.119 e. The Kier molecular flexibility index (Phi) is 5.21. The minimum Gasteiger partial charge on any atom is -0.493 e. The van der Waals surface area contributed by atoms with E-state index in [4.69, 9.17) is 22.1 Å². The van der Waals surface area contributed by atoms with Crippen molar-refractivity contribution in [3.8, 4) is 5.75 Å². The van der Waals surface area contributed by atoms with Gasteiger partial charge in [-0.1, -0.05) is 17.7 Å². The zero-order chi connectivity index (χ0) is 14.5. The predicted octanol–water partition coefficient (Wildman–Crippen LogP) is 4.71. The SMILES string of the molecule is Cc1cc(C)cc(OCCSc2ccc(N)c(Cl)c2)c1. The number of rotatable bonds is 5. The first-order chi connectivity index (χ1) is 9.54. The molecule has 0 aliphatic carbocycles. The van der Waals surface area contributed by atoms with E-state index in [1.54, 1.807) is 11.8 Å². The second-order valence-corrected chi connectivity index (χ2v) is 6.28. The van der Waals surface area contributed by atoms with Gasteiger partial charge < -0.3 is 10.5 Å². The second-order valence-electron chi connectivity index (χ2n) is 4.70. The number of nitrogens with two attached hydrogens (primary N) is 1. The third kappa shape index (κ3) is 4.36. The fourth-order valence-electron chi connectivity index (χ4n) is 1.93. The molecule has 2 aromatic rings. The zero-order valence-corrected chi connectivity index (χ0v) is 13.2. The monoisotopic (exact) mass is 307 g/mol. The van der Waals surface area contributed by atoms with Gasteiger partial charge in [0.1, 0.15) is 5.75 Å². The van der Waals surface area contributed by atoms with Crippen LogP contribution in [0.4, 0.5) is 5.69 Å². The summed E-state index contributed by atoms with van der Waals surface area (Å²) in [6, 6.07) is 11.9. The van der Waals surface area contributed by atoms with E-state index in [0.29, 0.717) is 17.3 Å². The summed E-state index contributed by atoms with van der Waals surface area (Å²) >= 11 is 7.69. The standard InChI is InChI=1S/C16H18ClNOS/c1-11-7-12(2)9-13(8-11)19-5-6-20-14-3-4-16(18)15(17)10-14/h3-4,7-10H,5-6,18H2,1-2H3. The molecule has 0 radical (unpaired) electrons. The average Bonchev–Trinajstić information content (AvgIpc) is 2.38. The van der Waals surface area contributed by atoms with E-state index >= 15 is 0 Å². The fourth-order valence-corrected chi connectivity index (χ4v) is 2.95. The number of halogens is 1. The van der Waals surface area contributed by atoms with Crippen LogP contribution >= 0.6 is 23.4 Å². The highest BCUT2D eigenvalue weighted by molar-refractivity contribution is 7.99. The molecule has 0 fully saturated rings. The van der Waals surface area contributed by atoms with Crippen LogP contribution in [0.2, 0.25) is 5.02 Å². The summed E-state index contributed by atoms with van der Waals surface area (Å²) in [5.74, 6) is 1.80. The highest BCUT2D eigenvalue weighted by atomic mass is 35.5. The normalized spacial score (nSPS) is 10.6. The molecule has 2 nitrogen and oxygen atoms in total. The van der Waals surface area contributed by atoms with Gasteiger partial charge >= 0.3 is 0 Å². The van der Waals surface area contributed by atoms with E-state index in [2.05, 4.69) is 32.0 Å². The van der Waals surface area contributed by atoms with E-state index in [1.165, 1.54) is 11.1 Å². The lowest BCUT2D eigenvalue weighted by atomic mass is 10.1. The Morgan fingerprint density at radius 1 is 1.10 bits per heavy atom. The molecule has 20 heavy (non-hydrogen) atoms. The van der Waals surface area contributed by atoms with Gasteiger partial charge in [-0.25, -0.2) is 0 Å². The summed E-state index contributed by atoms with van der Waals surface area (Å²) in [5.41, 5.74) is 8.74. The first-order valence-electron chi connectivity index (χ1n) is 6.43. The molecular formula is C16H18ClNOS. The van der Waals surface area contributed by atoms with Crippen LogP contribution < -0.4 is 10.5 Å². The number of hydrogen-bond donors (Lipinski definition) is 1. The minimum absolute atomic E-state index is 0.602. The van der Waals surface area contributed by atoms with Gasteiger partial charge in [0.25, 0.3) is 0 Å². The van der Waals surface area contributed by atoms with Gasteiger partial charge in [0.05, 0.1) is 17.3 Å². The molecule has 0 bridgehead atoms. The molecule has 2 N–H and O–H groups in total. The summed E-state index contributed by atoms with van der Waals surface area (Å²) < 4.78 is 5.76. The van der Waals surface area contributed by atoms with Crippen LogP contribution in [0, 0.1) is 13.8 Å². The predicted molar refractivity (Wildman–Crippen MR) is 88.0 cm³/mol. The molecule has 0 aromatic heterocycles. The fraction of sp³-hybridized carbons (Fsp3) is 0.250. The molecule has 2 rings (SSSR count). The molecule has 0 unspecified atom stereocenters. The van der Waals surface area contributed by atoms with Crippen molar-refractivity contribution >= 4 is 29.1 Å². The summed E-state index contributed by atoms with van der Waals surface area (Å²) in [7, 11) is 0. The quantitative estimate of drug-likeness (QED) is 0.493. The minimum atomic E-state index is 0.602. The molecule has 0 spiro atoms. The van der Waals surface area contributed by atoms with Crippen LogP contribution in [0.5, 0.6) is 5.75 Å². The third-order valence-electron chi connectivity index (χ3n) is 2.79. The molecule has 4 heteroatoms. The van der Waals surface area contributed by atoms with Gasteiger partial charge in [-0.3, -0.25) is 0 Å². The van der Waals surface area contributed by atoms with Crippen LogP contribution in [0.15, 0.2) is 41.3 Å². The van der Waals surface area contributed by atoms with Gasteiger partial charge in [0, 0.05) is 10.6 Å². The second kappa shape index (κ2) is 6.91. The number of hydrogen-bond acceptors (Lipinski definition) is 3. The molecule has 0 atom stereocenters. The number of thioether (sulfide) groups is 1. The van der Waals surface area contributed by atoms with Crippen LogP contribution in [0.25, 0.3) is 0 Å². The molecular weight excluding hydrogens is 290 g/mol. The number of benzene rings is 2. The molecule has 0 aliphatic heterocycles. The maximum absolute atomic E-state index is 5.99. The molecule has 0 heterocycles. The van der Waals surface area contributed by atoms with E-state index < -0.39 is 0 Å². The van der Waals surface area contributed by atoms with Crippen molar-refractivity contribution in [2.24, 2.45) is 0 Å². The van der Waals surface area contributed by atoms with Gasteiger partial charge in [-0.2, -0.15) is 0 Å².